The summed E-state index contributed by atoms with van der Waals surface area (Å²) in [6.45, 7) is 0. The molecule has 0 saturated heterocycles. The van der Waals surface area contributed by atoms with Crippen LogP contribution in [0.15, 0.2) is 169 Å². The highest BCUT2D eigenvalue weighted by Crippen LogP contribution is 2.43. The van der Waals surface area contributed by atoms with E-state index in [0.29, 0.717) is 5.56 Å². The molecular formula is C49H27N3O. The highest BCUT2D eigenvalue weighted by atomic mass is 16.3. The Morgan fingerprint density at radius 2 is 1.17 bits per heavy atom. The third kappa shape index (κ3) is 4.48. The van der Waals surface area contributed by atoms with Crippen LogP contribution in [-0.4, -0.2) is 9.97 Å². The number of para-hydroxylation sites is 1. The van der Waals surface area contributed by atoms with Gasteiger partial charge in [-0.25, -0.2) is 0 Å². The molecule has 0 N–H and O–H groups in total. The highest BCUT2D eigenvalue weighted by molar-refractivity contribution is 6.31. The lowest BCUT2D eigenvalue weighted by Crippen LogP contribution is -1.88. The number of aromatic nitrogens is 2. The van der Waals surface area contributed by atoms with Gasteiger partial charge in [-0.2, -0.15) is 5.26 Å². The molecule has 0 aliphatic heterocycles. The van der Waals surface area contributed by atoms with Crippen LogP contribution in [0.25, 0.3) is 109 Å². The summed E-state index contributed by atoms with van der Waals surface area (Å²) in [5.41, 5.74) is 8.91. The first kappa shape index (κ1) is 29.4. The van der Waals surface area contributed by atoms with Gasteiger partial charge in [0.1, 0.15) is 11.2 Å². The predicted octanol–water partition coefficient (Wildman–Crippen LogP) is 13.0. The zero-order chi connectivity index (χ0) is 35.0. The Bertz CT molecular complexity index is 3350. The van der Waals surface area contributed by atoms with Gasteiger partial charge in [0.2, 0.25) is 0 Å². The summed E-state index contributed by atoms with van der Waals surface area (Å²) in [7, 11) is 0. The van der Waals surface area contributed by atoms with Crippen molar-refractivity contribution in [1.82, 2.24) is 9.97 Å². The van der Waals surface area contributed by atoms with Gasteiger partial charge in [0.15, 0.2) is 0 Å². The van der Waals surface area contributed by atoms with Crippen LogP contribution < -0.4 is 0 Å². The lowest BCUT2D eigenvalue weighted by atomic mass is 9.91. The Labute approximate surface area is 303 Å². The van der Waals surface area contributed by atoms with Crippen molar-refractivity contribution in [2.45, 2.75) is 0 Å². The molecular weight excluding hydrogens is 647 g/mol. The van der Waals surface area contributed by atoms with Crippen LogP contribution in [0.2, 0.25) is 0 Å². The summed E-state index contributed by atoms with van der Waals surface area (Å²) in [6.07, 6.45) is 5.71. The van der Waals surface area contributed by atoms with Gasteiger partial charge in [-0.15, -0.1) is 0 Å². The SMILES string of the molecule is N#Cc1ccc(-c2ccc(-c3ccc4c5ccc(-c6cc7ccc8ccncc8c7cn6)cc5c5oc6ccccc6c5c4c3)cc2)c2ccccc12. The molecule has 3 aromatic heterocycles. The molecule has 244 valence electrons. The number of nitriles is 1. The number of hydrogen-bond acceptors (Lipinski definition) is 4. The number of rotatable bonds is 3. The Morgan fingerprint density at radius 1 is 0.472 bits per heavy atom. The van der Waals surface area contributed by atoms with E-state index in [1.165, 1.54) is 5.39 Å². The lowest BCUT2D eigenvalue weighted by Gasteiger charge is -2.12. The summed E-state index contributed by atoms with van der Waals surface area (Å²) in [5, 5.41) is 23.0. The maximum Gasteiger partial charge on any atom is 0.143 e. The molecule has 0 fully saturated rings. The summed E-state index contributed by atoms with van der Waals surface area (Å²) in [4.78, 5) is 9.30. The molecule has 0 aliphatic carbocycles. The molecule has 53 heavy (non-hydrogen) atoms. The molecule has 3 heterocycles. The first-order valence-electron chi connectivity index (χ1n) is 17.7. The fraction of sp³-hybridized carbons (Fsp3) is 0. The minimum absolute atomic E-state index is 0.691. The summed E-state index contributed by atoms with van der Waals surface area (Å²) in [5.74, 6) is 0. The number of pyridine rings is 2. The fourth-order valence-corrected chi connectivity index (χ4v) is 8.23. The van der Waals surface area contributed by atoms with Crippen molar-refractivity contribution in [3.05, 3.63) is 170 Å². The Balaban J connectivity index is 1.06. The van der Waals surface area contributed by atoms with Gasteiger partial charge < -0.3 is 4.42 Å². The molecule has 11 aromatic rings. The monoisotopic (exact) mass is 673 g/mol. The van der Waals surface area contributed by atoms with Gasteiger partial charge in [0, 0.05) is 56.5 Å². The van der Waals surface area contributed by atoms with Crippen LogP contribution in [0.4, 0.5) is 0 Å². The second kappa shape index (κ2) is 11.3. The van der Waals surface area contributed by atoms with Crippen LogP contribution in [0.5, 0.6) is 0 Å². The molecule has 0 radical (unpaired) electrons. The molecule has 0 spiro atoms. The van der Waals surface area contributed by atoms with Gasteiger partial charge in [0.05, 0.1) is 17.3 Å². The highest BCUT2D eigenvalue weighted by Gasteiger charge is 2.18. The van der Waals surface area contributed by atoms with E-state index in [2.05, 4.69) is 120 Å². The van der Waals surface area contributed by atoms with Gasteiger partial charge in [-0.1, -0.05) is 109 Å². The average molecular weight is 674 g/mol. The smallest absolute Gasteiger partial charge is 0.143 e. The third-order valence-electron chi connectivity index (χ3n) is 10.8. The Kier molecular flexibility index (Phi) is 6.28. The normalized spacial score (nSPS) is 11.8. The van der Waals surface area contributed by atoms with E-state index in [1.807, 2.05) is 55.0 Å². The van der Waals surface area contributed by atoms with Crippen LogP contribution in [-0.2, 0) is 0 Å². The first-order chi connectivity index (χ1) is 26.2. The Hall–Kier alpha value is -7.35. The second-order valence-corrected chi connectivity index (χ2v) is 13.7. The van der Waals surface area contributed by atoms with Crippen molar-refractivity contribution in [3.63, 3.8) is 0 Å². The van der Waals surface area contributed by atoms with Crippen molar-refractivity contribution in [3.8, 4) is 39.6 Å². The Morgan fingerprint density at radius 3 is 2.04 bits per heavy atom. The maximum absolute atomic E-state index is 9.66. The standard InChI is InChI=1S/C49H27N3O/c50-26-35-17-18-37(38-6-2-1-5-36(35)38)30-11-9-29(10-12-30)32-15-19-39-40-20-16-34(46-25-33-14-13-31-21-22-51-27-44(31)45(33)28-52-46)24-43(40)49-48(42(39)23-32)41-7-3-4-8-47(41)53-49/h1-25,27-28H. The quantitative estimate of drug-likeness (QED) is 0.175. The summed E-state index contributed by atoms with van der Waals surface area (Å²) >= 11 is 0. The van der Waals surface area contributed by atoms with Gasteiger partial charge in [-0.05, 0) is 91.0 Å². The molecule has 8 aromatic carbocycles. The van der Waals surface area contributed by atoms with Crippen molar-refractivity contribution in [2.75, 3.05) is 0 Å². The minimum atomic E-state index is 0.691. The number of fused-ring (bicyclic) bond motifs is 12. The topological polar surface area (TPSA) is 62.7 Å². The molecule has 0 amide bonds. The second-order valence-electron chi connectivity index (χ2n) is 13.7. The van der Waals surface area contributed by atoms with Crippen LogP contribution >= 0.6 is 0 Å². The molecule has 4 heteroatoms. The van der Waals surface area contributed by atoms with Crippen molar-refractivity contribution in [2.24, 2.45) is 0 Å². The fourth-order valence-electron chi connectivity index (χ4n) is 8.23. The first-order valence-corrected chi connectivity index (χ1v) is 17.7. The van der Waals surface area contributed by atoms with E-state index in [-0.39, 0.29) is 0 Å². The van der Waals surface area contributed by atoms with Crippen molar-refractivity contribution in [1.29, 1.82) is 5.26 Å². The van der Waals surface area contributed by atoms with E-state index in [4.69, 9.17) is 9.40 Å². The van der Waals surface area contributed by atoms with Gasteiger partial charge in [-0.3, -0.25) is 9.97 Å². The van der Waals surface area contributed by atoms with Gasteiger partial charge >= 0.3 is 0 Å². The molecule has 4 nitrogen and oxygen atoms in total. The lowest BCUT2D eigenvalue weighted by molar-refractivity contribution is 0.673. The maximum atomic E-state index is 9.66. The molecule has 0 aliphatic rings. The van der Waals surface area contributed by atoms with E-state index in [9.17, 15) is 5.26 Å². The number of nitrogens with zero attached hydrogens (tertiary/aromatic N) is 3. The number of furan rings is 1. The van der Waals surface area contributed by atoms with E-state index >= 15 is 0 Å². The number of hydrogen-bond donors (Lipinski definition) is 0. The molecule has 0 saturated carbocycles. The summed E-state index contributed by atoms with van der Waals surface area (Å²) in [6, 6.07) is 53.4. The van der Waals surface area contributed by atoms with Crippen molar-refractivity contribution < 1.29 is 4.42 Å². The molecule has 11 rings (SSSR count). The van der Waals surface area contributed by atoms with Crippen LogP contribution in [0.1, 0.15) is 5.56 Å². The number of benzene rings is 8. The minimum Gasteiger partial charge on any atom is -0.455 e. The summed E-state index contributed by atoms with van der Waals surface area (Å²) < 4.78 is 6.70. The third-order valence-corrected chi connectivity index (χ3v) is 10.8. The van der Waals surface area contributed by atoms with E-state index in [0.717, 1.165) is 104 Å². The average Bonchev–Trinajstić information content (AvgIpc) is 3.63. The molecule has 0 unspecified atom stereocenters. The predicted molar refractivity (Wildman–Crippen MR) is 218 cm³/mol. The van der Waals surface area contributed by atoms with E-state index in [1.54, 1.807) is 0 Å². The van der Waals surface area contributed by atoms with Crippen LogP contribution in [0, 0.1) is 11.3 Å². The van der Waals surface area contributed by atoms with Crippen LogP contribution in [0.3, 0.4) is 0 Å². The largest absolute Gasteiger partial charge is 0.455 e. The molecule has 0 atom stereocenters. The van der Waals surface area contributed by atoms with E-state index < -0.39 is 0 Å². The zero-order valence-electron chi connectivity index (χ0n) is 28.3. The molecule has 0 bridgehead atoms. The zero-order valence-corrected chi connectivity index (χ0v) is 28.3. The van der Waals surface area contributed by atoms with Gasteiger partial charge in [0.25, 0.3) is 0 Å². The van der Waals surface area contributed by atoms with Crippen molar-refractivity contribution >= 4 is 75.8 Å².